The van der Waals surface area contributed by atoms with Crippen molar-refractivity contribution >= 4 is 12.0 Å². The first-order chi connectivity index (χ1) is 10.1. The number of carboxylic acids is 1. The second-order valence-electron chi connectivity index (χ2n) is 4.25. The number of para-hydroxylation sites is 1. The van der Waals surface area contributed by atoms with E-state index in [-0.39, 0.29) is 17.9 Å². The third-order valence-electron chi connectivity index (χ3n) is 2.70. The van der Waals surface area contributed by atoms with E-state index in [1.165, 1.54) is 30.3 Å². The predicted molar refractivity (Wildman–Crippen MR) is 73.8 cm³/mol. The van der Waals surface area contributed by atoms with E-state index in [4.69, 9.17) is 9.84 Å². The van der Waals surface area contributed by atoms with E-state index in [0.29, 0.717) is 5.56 Å². The van der Waals surface area contributed by atoms with Gasteiger partial charge in [-0.15, -0.1) is 0 Å². The molecule has 0 atom stereocenters. The molecule has 5 heteroatoms. The number of carbonyl (C=O) groups is 1. The molecule has 0 aromatic heterocycles. The molecular weight excluding hydrogens is 278 g/mol. The number of benzene rings is 2. The summed E-state index contributed by atoms with van der Waals surface area (Å²) in [5, 5.41) is 8.54. The summed E-state index contributed by atoms with van der Waals surface area (Å²) >= 11 is 0. The minimum atomic E-state index is -1.16. The third kappa shape index (κ3) is 4.14. The zero-order valence-corrected chi connectivity index (χ0v) is 10.9. The lowest BCUT2D eigenvalue weighted by atomic mass is 10.1. The lowest BCUT2D eigenvalue weighted by Crippen LogP contribution is -1.98. The summed E-state index contributed by atoms with van der Waals surface area (Å²) in [6, 6.07) is 10.1. The van der Waals surface area contributed by atoms with Gasteiger partial charge in [-0.25, -0.2) is 13.6 Å². The van der Waals surface area contributed by atoms with Gasteiger partial charge in [-0.05, 0) is 35.9 Å². The van der Waals surface area contributed by atoms with Gasteiger partial charge in [0.1, 0.15) is 12.4 Å². The van der Waals surface area contributed by atoms with Crippen molar-refractivity contribution in [2.45, 2.75) is 6.61 Å². The highest BCUT2D eigenvalue weighted by Gasteiger charge is 2.05. The van der Waals surface area contributed by atoms with Crippen LogP contribution < -0.4 is 4.74 Å². The second-order valence-corrected chi connectivity index (χ2v) is 4.25. The minimum Gasteiger partial charge on any atom is -0.486 e. The number of ether oxygens (including phenoxy) is 1. The Balaban J connectivity index is 2.12. The zero-order chi connectivity index (χ0) is 15.2. The van der Waals surface area contributed by atoms with Crippen LogP contribution in [-0.4, -0.2) is 11.1 Å². The molecule has 0 amide bonds. The second kappa shape index (κ2) is 6.65. The SMILES string of the molecule is O=C(O)C=Cc1cc(COc2ccccc2F)ccc1F. The topological polar surface area (TPSA) is 46.5 Å². The van der Waals surface area contributed by atoms with Crippen molar-refractivity contribution in [1.82, 2.24) is 0 Å². The fourth-order valence-corrected chi connectivity index (χ4v) is 1.69. The van der Waals surface area contributed by atoms with Crippen molar-refractivity contribution in [2.75, 3.05) is 0 Å². The smallest absolute Gasteiger partial charge is 0.328 e. The van der Waals surface area contributed by atoms with E-state index >= 15 is 0 Å². The van der Waals surface area contributed by atoms with Crippen LogP contribution in [-0.2, 0) is 11.4 Å². The van der Waals surface area contributed by atoms with Crippen LogP contribution in [0.5, 0.6) is 5.75 Å². The van der Waals surface area contributed by atoms with Crippen molar-refractivity contribution in [3.05, 3.63) is 71.3 Å². The Bertz CT molecular complexity index is 681. The predicted octanol–water partition coefficient (Wildman–Crippen LogP) is 3.64. The summed E-state index contributed by atoms with van der Waals surface area (Å²) in [7, 11) is 0. The fraction of sp³-hybridized carbons (Fsp3) is 0.0625. The first kappa shape index (κ1) is 14.7. The fourth-order valence-electron chi connectivity index (χ4n) is 1.69. The highest BCUT2D eigenvalue weighted by atomic mass is 19.1. The Morgan fingerprint density at radius 2 is 1.90 bits per heavy atom. The molecule has 0 aliphatic carbocycles. The maximum Gasteiger partial charge on any atom is 0.328 e. The van der Waals surface area contributed by atoms with Gasteiger partial charge in [0.25, 0.3) is 0 Å². The Hall–Kier alpha value is -2.69. The number of hydrogen-bond acceptors (Lipinski definition) is 2. The summed E-state index contributed by atoms with van der Waals surface area (Å²) in [6.45, 7) is 0.0507. The van der Waals surface area contributed by atoms with Gasteiger partial charge in [0.15, 0.2) is 11.6 Å². The molecule has 0 aliphatic heterocycles. The van der Waals surface area contributed by atoms with Crippen molar-refractivity contribution in [3.8, 4) is 5.75 Å². The monoisotopic (exact) mass is 290 g/mol. The molecule has 0 fully saturated rings. The Labute approximate surface area is 120 Å². The Kier molecular flexibility index (Phi) is 4.66. The van der Waals surface area contributed by atoms with E-state index in [0.717, 1.165) is 12.2 Å². The van der Waals surface area contributed by atoms with Gasteiger partial charge in [-0.2, -0.15) is 0 Å². The van der Waals surface area contributed by atoms with Crippen LogP contribution in [0.2, 0.25) is 0 Å². The average molecular weight is 290 g/mol. The van der Waals surface area contributed by atoms with Gasteiger partial charge in [0, 0.05) is 11.6 Å². The van der Waals surface area contributed by atoms with Crippen LogP contribution in [0.25, 0.3) is 6.08 Å². The zero-order valence-electron chi connectivity index (χ0n) is 10.9. The minimum absolute atomic E-state index is 0.0507. The molecule has 2 aromatic carbocycles. The molecule has 0 saturated heterocycles. The van der Waals surface area contributed by atoms with Crippen LogP contribution in [0.15, 0.2) is 48.5 Å². The summed E-state index contributed by atoms with van der Waals surface area (Å²) in [4.78, 5) is 10.4. The molecule has 0 spiro atoms. The largest absolute Gasteiger partial charge is 0.486 e. The van der Waals surface area contributed by atoms with E-state index in [1.54, 1.807) is 12.1 Å². The van der Waals surface area contributed by atoms with Gasteiger partial charge >= 0.3 is 5.97 Å². The molecule has 0 bridgehead atoms. The van der Waals surface area contributed by atoms with Crippen molar-refractivity contribution < 1.29 is 23.4 Å². The quantitative estimate of drug-likeness (QED) is 0.855. The van der Waals surface area contributed by atoms with Crippen LogP contribution in [0.4, 0.5) is 8.78 Å². The number of hydrogen-bond donors (Lipinski definition) is 1. The standard InChI is InChI=1S/C16H12F2O3/c17-13-7-5-11(9-12(13)6-8-16(19)20)10-21-15-4-2-1-3-14(15)18/h1-9H,10H2,(H,19,20). The summed E-state index contributed by atoms with van der Waals surface area (Å²) in [5.74, 6) is -2.08. The van der Waals surface area contributed by atoms with Crippen LogP contribution in [0.1, 0.15) is 11.1 Å². The molecule has 2 aromatic rings. The summed E-state index contributed by atoms with van der Waals surface area (Å²) in [5.41, 5.74) is 0.733. The van der Waals surface area contributed by atoms with Crippen molar-refractivity contribution in [1.29, 1.82) is 0 Å². The lowest BCUT2D eigenvalue weighted by molar-refractivity contribution is -0.131. The highest BCUT2D eigenvalue weighted by Crippen LogP contribution is 2.18. The van der Waals surface area contributed by atoms with Crippen LogP contribution >= 0.6 is 0 Å². The first-order valence-electron chi connectivity index (χ1n) is 6.13. The van der Waals surface area contributed by atoms with E-state index in [2.05, 4.69) is 0 Å². The summed E-state index contributed by atoms with van der Waals surface area (Å²) in [6.07, 6.45) is 2.00. The highest BCUT2D eigenvalue weighted by molar-refractivity contribution is 5.85. The molecule has 1 N–H and O–H groups in total. The number of carboxylic acid groups (broad SMARTS) is 1. The van der Waals surface area contributed by atoms with E-state index in [1.807, 2.05) is 0 Å². The number of aliphatic carboxylic acids is 1. The van der Waals surface area contributed by atoms with Gasteiger partial charge in [-0.1, -0.05) is 18.2 Å². The van der Waals surface area contributed by atoms with Crippen LogP contribution in [0, 0.1) is 11.6 Å². The Morgan fingerprint density at radius 3 is 2.62 bits per heavy atom. The van der Waals surface area contributed by atoms with Gasteiger partial charge < -0.3 is 9.84 Å². The van der Waals surface area contributed by atoms with Gasteiger partial charge in [0.05, 0.1) is 0 Å². The molecule has 21 heavy (non-hydrogen) atoms. The lowest BCUT2D eigenvalue weighted by Gasteiger charge is -2.08. The molecule has 0 unspecified atom stereocenters. The molecular formula is C16H12F2O3. The molecule has 0 radical (unpaired) electrons. The maximum absolute atomic E-state index is 13.5. The molecule has 108 valence electrons. The van der Waals surface area contributed by atoms with Crippen LogP contribution in [0.3, 0.4) is 0 Å². The van der Waals surface area contributed by atoms with Gasteiger partial charge in [0.2, 0.25) is 0 Å². The average Bonchev–Trinajstić information content (AvgIpc) is 2.46. The molecule has 0 heterocycles. The molecule has 3 nitrogen and oxygen atoms in total. The van der Waals surface area contributed by atoms with E-state index < -0.39 is 17.6 Å². The Morgan fingerprint density at radius 1 is 1.14 bits per heavy atom. The van der Waals surface area contributed by atoms with E-state index in [9.17, 15) is 13.6 Å². The first-order valence-corrected chi connectivity index (χ1v) is 6.13. The molecule has 0 saturated carbocycles. The normalized spacial score (nSPS) is 10.8. The number of halogens is 2. The maximum atomic E-state index is 13.5. The third-order valence-corrected chi connectivity index (χ3v) is 2.70. The van der Waals surface area contributed by atoms with Crippen molar-refractivity contribution in [3.63, 3.8) is 0 Å². The summed E-state index contributed by atoms with van der Waals surface area (Å²) < 4.78 is 32.2. The molecule has 2 rings (SSSR count). The molecule has 0 aliphatic rings. The van der Waals surface area contributed by atoms with Crippen molar-refractivity contribution in [2.24, 2.45) is 0 Å². The number of rotatable bonds is 5. The van der Waals surface area contributed by atoms with Gasteiger partial charge in [-0.3, -0.25) is 0 Å².